The summed E-state index contributed by atoms with van der Waals surface area (Å²) in [4.78, 5) is 14.3. The highest BCUT2D eigenvalue weighted by atomic mass is 35.5. The van der Waals surface area contributed by atoms with Crippen LogP contribution in [0.25, 0.3) is 11.1 Å². The van der Waals surface area contributed by atoms with E-state index in [-0.39, 0.29) is 18.3 Å². The highest BCUT2D eigenvalue weighted by molar-refractivity contribution is 5.85. The van der Waals surface area contributed by atoms with Crippen molar-refractivity contribution in [3.8, 4) is 16.9 Å². The van der Waals surface area contributed by atoms with E-state index >= 15 is 0 Å². The van der Waals surface area contributed by atoms with Crippen molar-refractivity contribution < 1.29 is 9.53 Å². The van der Waals surface area contributed by atoms with E-state index < -0.39 is 0 Å². The molecule has 3 rings (SSSR count). The number of nitrogens with one attached hydrogen (secondary N) is 1. The van der Waals surface area contributed by atoms with Crippen molar-refractivity contribution in [3.05, 3.63) is 54.6 Å². The quantitative estimate of drug-likeness (QED) is 0.804. The molecule has 0 aromatic heterocycles. The van der Waals surface area contributed by atoms with Crippen LogP contribution in [0.1, 0.15) is 12.8 Å². The smallest absolute Gasteiger partial charge is 0.226 e. The molecule has 1 unspecified atom stereocenters. The average molecular weight is 375 g/mol. The predicted molar refractivity (Wildman–Crippen MR) is 108 cm³/mol. The Labute approximate surface area is 162 Å². The number of hydrogen-bond acceptors (Lipinski definition) is 3. The zero-order valence-electron chi connectivity index (χ0n) is 15.2. The van der Waals surface area contributed by atoms with Gasteiger partial charge in [-0.05, 0) is 37.6 Å². The van der Waals surface area contributed by atoms with Crippen molar-refractivity contribution in [2.24, 2.45) is 5.92 Å². The van der Waals surface area contributed by atoms with Gasteiger partial charge in [0.2, 0.25) is 5.91 Å². The summed E-state index contributed by atoms with van der Waals surface area (Å²) < 4.78 is 5.94. The fourth-order valence-corrected chi connectivity index (χ4v) is 3.37. The molecule has 140 valence electrons. The SMILES string of the molecule is CNCC1CCN(C(=O)CCOc2ccccc2-c2ccccc2)C1.Cl. The van der Waals surface area contributed by atoms with Crippen LogP contribution in [0.5, 0.6) is 5.75 Å². The Bertz CT molecular complexity index is 693. The standard InChI is InChI=1S/C21H26N2O2.ClH/c1-22-15-17-11-13-23(16-17)21(24)12-14-25-20-10-6-5-9-19(20)18-7-3-2-4-8-18;/h2-10,17,22H,11-16H2,1H3;1H. The van der Waals surface area contributed by atoms with E-state index in [2.05, 4.69) is 23.5 Å². The van der Waals surface area contributed by atoms with E-state index in [0.29, 0.717) is 18.9 Å². The maximum Gasteiger partial charge on any atom is 0.226 e. The molecule has 1 aliphatic rings. The molecule has 26 heavy (non-hydrogen) atoms. The van der Waals surface area contributed by atoms with E-state index in [4.69, 9.17) is 4.74 Å². The van der Waals surface area contributed by atoms with Gasteiger partial charge in [-0.15, -0.1) is 12.4 Å². The molecule has 1 atom stereocenters. The molecule has 0 saturated carbocycles. The first-order chi connectivity index (χ1) is 12.3. The van der Waals surface area contributed by atoms with Gasteiger partial charge in [0.1, 0.15) is 5.75 Å². The number of hydrogen-bond donors (Lipinski definition) is 1. The van der Waals surface area contributed by atoms with Gasteiger partial charge in [-0.3, -0.25) is 4.79 Å². The second-order valence-electron chi connectivity index (χ2n) is 6.51. The number of nitrogens with zero attached hydrogens (tertiary/aromatic N) is 1. The molecule has 2 aromatic carbocycles. The van der Waals surface area contributed by atoms with E-state index in [1.165, 1.54) is 0 Å². The first-order valence-electron chi connectivity index (χ1n) is 8.97. The number of rotatable bonds is 7. The van der Waals surface area contributed by atoms with Gasteiger partial charge in [-0.2, -0.15) is 0 Å². The largest absolute Gasteiger partial charge is 0.492 e. The second-order valence-corrected chi connectivity index (χ2v) is 6.51. The van der Waals surface area contributed by atoms with Gasteiger partial charge in [0.25, 0.3) is 0 Å². The third-order valence-electron chi connectivity index (χ3n) is 4.68. The molecule has 0 spiro atoms. The van der Waals surface area contributed by atoms with Gasteiger partial charge >= 0.3 is 0 Å². The average Bonchev–Trinajstić information content (AvgIpc) is 3.12. The Hall–Kier alpha value is -2.04. The fourth-order valence-electron chi connectivity index (χ4n) is 3.37. The number of ether oxygens (including phenoxy) is 1. The number of carbonyl (C=O) groups excluding carboxylic acids is 1. The Kier molecular flexibility index (Phi) is 7.95. The summed E-state index contributed by atoms with van der Waals surface area (Å²) in [6, 6.07) is 18.2. The number of amides is 1. The topological polar surface area (TPSA) is 41.6 Å². The molecule has 1 fully saturated rings. The van der Waals surface area contributed by atoms with Crippen molar-refractivity contribution in [1.82, 2.24) is 10.2 Å². The van der Waals surface area contributed by atoms with Crippen LogP contribution in [-0.4, -0.2) is 44.1 Å². The number of likely N-dealkylation sites (tertiary alicyclic amines) is 1. The Balaban J connectivity index is 0.00000243. The van der Waals surface area contributed by atoms with Crippen LogP contribution in [0.15, 0.2) is 54.6 Å². The molecule has 1 amide bonds. The second kappa shape index (κ2) is 10.2. The molecule has 2 aromatic rings. The van der Waals surface area contributed by atoms with Crippen LogP contribution >= 0.6 is 12.4 Å². The molecule has 0 aliphatic carbocycles. The minimum atomic E-state index is 0. The lowest BCUT2D eigenvalue weighted by Gasteiger charge is -2.17. The summed E-state index contributed by atoms with van der Waals surface area (Å²) in [5, 5.41) is 3.19. The Morgan fingerprint density at radius 1 is 1.15 bits per heavy atom. The first-order valence-corrected chi connectivity index (χ1v) is 8.97. The predicted octanol–water partition coefficient (Wildman–Crippen LogP) is 3.61. The number of para-hydroxylation sites is 1. The van der Waals surface area contributed by atoms with Crippen LogP contribution in [0, 0.1) is 5.92 Å². The van der Waals surface area contributed by atoms with Crippen molar-refractivity contribution in [2.75, 3.05) is 33.3 Å². The first kappa shape index (κ1) is 20.3. The minimum Gasteiger partial charge on any atom is -0.492 e. The highest BCUT2D eigenvalue weighted by Crippen LogP contribution is 2.29. The summed E-state index contributed by atoms with van der Waals surface area (Å²) in [6.07, 6.45) is 1.51. The van der Waals surface area contributed by atoms with Crippen molar-refractivity contribution >= 4 is 18.3 Å². The normalized spacial score (nSPS) is 16.2. The van der Waals surface area contributed by atoms with Crippen molar-refractivity contribution in [1.29, 1.82) is 0 Å². The third-order valence-corrected chi connectivity index (χ3v) is 4.68. The van der Waals surface area contributed by atoms with Crippen LogP contribution in [0.4, 0.5) is 0 Å². The summed E-state index contributed by atoms with van der Waals surface area (Å²) >= 11 is 0. The van der Waals surface area contributed by atoms with Gasteiger partial charge in [-0.1, -0.05) is 48.5 Å². The molecule has 1 saturated heterocycles. The maximum atomic E-state index is 12.4. The molecule has 1 N–H and O–H groups in total. The number of halogens is 1. The van der Waals surface area contributed by atoms with Crippen molar-refractivity contribution in [2.45, 2.75) is 12.8 Å². The van der Waals surface area contributed by atoms with E-state index in [9.17, 15) is 4.79 Å². The van der Waals surface area contributed by atoms with Gasteiger partial charge in [0.05, 0.1) is 13.0 Å². The minimum absolute atomic E-state index is 0. The van der Waals surface area contributed by atoms with Gasteiger partial charge in [0, 0.05) is 18.7 Å². The molecule has 1 heterocycles. The summed E-state index contributed by atoms with van der Waals surface area (Å²) in [5.74, 6) is 1.60. The molecular weight excluding hydrogens is 348 g/mol. The molecule has 4 nitrogen and oxygen atoms in total. The lowest BCUT2D eigenvalue weighted by Crippen LogP contribution is -2.31. The maximum absolute atomic E-state index is 12.4. The molecule has 1 aliphatic heterocycles. The van der Waals surface area contributed by atoms with Crippen molar-refractivity contribution in [3.63, 3.8) is 0 Å². The number of benzene rings is 2. The zero-order chi connectivity index (χ0) is 17.5. The lowest BCUT2D eigenvalue weighted by atomic mass is 10.1. The third kappa shape index (κ3) is 5.23. The monoisotopic (exact) mass is 374 g/mol. The Morgan fingerprint density at radius 3 is 2.65 bits per heavy atom. The van der Waals surface area contributed by atoms with E-state index in [1.807, 2.05) is 48.3 Å². The highest BCUT2D eigenvalue weighted by Gasteiger charge is 2.25. The van der Waals surface area contributed by atoms with Gasteiger partial charge < -0.3 is 15.0 Å². The van der Waals surface area contributed by atoms with Crippen LogP contribution in [-0.2, 0) is 4.79 Å². The van der Waals surface area contributed by atoms with Crippen LogP contribution in [0.2, 0.25) is 0 Å². The summed E-state index contributed by atoms with van der Waals surface area (Å²) in [7, 11) is 1.96. The van der Waals surface area contributed by atoms with Crippen LogP contribution < -0.4 is 10.1 Å². The van der Waals surface area contributed by atoms with E-state index in [1.54, 1.807) is 0 Å². The number of carbonyl (C=O) groups is 1. The Morgan fingerprint density at radius 2 is 1.88 bits per heavy atom. The van der Waals surface area contributed by atoms with E-state index in [0.717, 1.165) is 42.9 Å². The molecular formula is C21H27ClN2O2. The summed E-state index contributed by atoms with van der Waals surface area (Å²) in [6.45, 7) is 3.12. The lowest BCUT2D eigenvalue weighted by molar-refractivity contribution is -0.130. The van der Waals surface area contributed by atoms with Crippen LogP contribution in [0.3, 0.4) is 0 Å². The fraction of sp³-hybridized carbons (Fsp3) is 0.381. The molecule has 0 radical (unpaired) electrons. The van der Waals surface area contributed by atoms with Gasteiger partial charge in [0.15, 0.2) is 0 Å². The van der Waals surface area contributed by atoms with Gasteiger partial charge in [-0.25, -0.2) is 0 Å². The molecule has 0 bridgehead atoms. The molecule has 5 heteroatoms. The zero-order valence-corrected chi connectivity index (χ0v) is 16.0. The summed E-state index contributed by atoms with van der Waals surface area (Å²) in [5.41, 5.74) is 2.18.